The molecule has 0 radical (unpaired) electrons. The number of ketones is 1. The second kappa shape index (κ2) is 11.1. The maximum absolute atomic E-state index is 12.3. The highest BCUT2D eigenvalue weighted by Crippen LogP contribution is 2.33. The van der Waals surface area contributed by atoms with Crippen LogP contribution in [0.2, 0.25) is 0 Å². The standard InChI is InChI=1S/C21H32O4/c1-2-3-4-5-6-7-8-9-10-11-12-18(22)21(23)17-13-14-19-20(15-17)25-16-24-19/h13-15,18,22H,2-12,16H2,1H3. The topological polar surface area (TPSA) is 55.8 Å². The molecule has 1 atom stereocenters. The first kappa shape index (κ1) is 19.8. The van der Waals surface area contributed by atoms with Gasteiger partial charge in [0.2, 0.25) is 6.79 Å². The molecular weight excluding hydrogens is 316 g/mol. The minimum atomic E-state index is -0.922. The summed E-state index contributed by atoms with van der Waals surface area (Å²) in [6.45, 7) is 2.43. The zero-order chi connectivity index (χ0) is 17.9. The number of aliphatic hydroxyl groups excluding tert-OH is 1. The summed E-state index contributed by atoms with van der Waals surface area (Å²) >= 11 is 0. The summed E-state index contributed by atoms with van der Waals surface area (Å²) in [6, 6.07) is 5.08. The van der Waals surface area contributed by atoms with Crippen molar-refractivity contribution < 1.29 is 19.4 Å². The lowest BCUT2D eigenvalue weighted by atomic mass is 10.00. The van der Waals surface area contributed by atoms with Crippen LogP contribution in [0.5, 0.6) is 11.5 Å². The Morgan fingerprint density at radius 1 is 0.960 bits per heavy atom. The van der Waals surface area contributed by atoms with Gasteiger partial charge >= 0.3 is 0 Å². The quantitative estimate of drug-likeness (QED) is 0.390. The lowest BCUT2D eigenvalue weighted by Gasteiger charge is -2.10. The van der Waals surface area contributed by atoms with Gasteiger partial charge in [-0.15, -0.1) is 0 Å². The van der Waals surface area contributed by atoms with Crippen LogP contribution in [-0.2, 0) is 0 Å². The van der Waals surface area contributed by atoms with E-state index in [-0.39, 0.29) is 12.6 Å². The number of rotatable bonds is 13. The molecule has 25 heavy (non-hydrogen) atoms. The molecule has 0 fully saturated rings. The van der Waals surface area contributed by atoms with Crippen molar-refractivity contribution in [1.29, 1.82) is 0 Å². The van der Waals surface area contributed by atoms with Crippen LogP contribution >= 0.6 is 0 Å². The molecule has 140 valence electrons. The smallest absolute Gasteiger partial charge is 0.231 e. The number of carbonyl (C=O) groups excluding carboxylic acids is 1. The monoisotopic (exact) mass is 348 g/mol. The molecule has 0 amide bonds. The molecule has 4 heteroatoms. The molecule has 0 saturated carbocycles. The van der Waals surface area contributed by atoms with Crippen LogP contribution in [0.1, 0.15) is 87.9 Å². The van der Waals surface area contributed by atoms with Crippen molar-refractivity contribution in [3.8, 4) is 11.5 Å². The Kier molecular flexibility index (Phi) is 8.81. The van der Waals surface area contributed by atoms with Crippen molar-refractivity contribution in [2.45, 2.75) is 83.7 Å². The summed E-state index contributed by atoms with van der Waals surface area (Å²) in [4.78, 5) is 12.3. The maximum Gasteiger partial charge on any atom is 0.231 e. The van der Waals surface area contributed by atoms with Crippen molar-refractivity contribution in [3.63, 3.8) is 0 Å². The molecule has 1 aliphatic heterocycles. The van der Waals surface area contributed by atoms with Gasteiger partial charge in [-0.2, -0.15) is 0 Å². The van der Waals surface area contributed by atoms with Crippen LogP contribution in [0.4, 0.5) is 0 Å². The van der Waals surface area contributed by atoms with E-state index in [1.54, 1.807) is 18.2 Å². The molecule has 0 aliphatic carbocycles. The van der Waals surface area contributed by atoms with E-state index in [2.05, 4.69) is 6.92 Å². The summed E-state index contributed by atoms with van der Waals surface area (Å²) in [7, 11) is 0. The van der Waals surface area contributed by atoms with Crippen molar-refractivity contribution >= 4 is 5.78 Å². The highest BCUT2D eigenvalue weighted by Gasteiger charge is 2.20. The van der Waals surface area contributed by atoms with Crippen molar-refractivity contribution in [1.82, 2.24) is 0 Å². The van der Waals surface area contributed by atoms with E-state index in [1.165, 1.54) is 51.4 Å². The normalized spacial score (nSPS) is 13.8. The molecule has 1 aliphatic rings. The Morgan fingerprint density at radius 3 is 2.24 bits per heavy atom. The molecule has 0 spiro atoms. The molecule has 2 rings (SSSR count). The highest BCUT2D eigenvalue weighted by molar-refractivity contribution is 5.99. The molecule has 1 aromatic carbocycles. The number of carbonyl (C=O) groups is 1. The van der Waals surface area contributed by atoms with Gasteiger partial charge < -0.3 is 14.6 Å². The number of Topliss-reactive ketones (excluding diaryl/α,β-unsaturated/α-hetero) is 1. The van der Waals surface area contributed by atoms with Crippen molar-refractivity contribution in [2.24, 2.45) is 0 Å². The van der Waals surface area contributed by atoms with E-state index in [4.69, 9.17) is 9.47 Å². The van der Waals surface area contributed by atoms with E-state index in [1.807, 2.05) is 0 Å². The van der Waals surface area contributed by atoms with Crippen LogP contribution in [0.3, 0.4) is 0 Å². The lowest BCUT2D eigenvalue weighted by Crippen LogP contribution is -2.20. The molecule has 1 unspecified atom stereocenters. The van der Waals surface area contributed by atoms with Gasteiger partial charge in [-0.25, -0.2) is 0 Å². The third kappa shape index (κ3) is 6.69. The molecule has 0 aromatic heterocycles. The van der Waals surface area contributed by atoms with Crippen LogP contribution in [-0.4, -0.2) is 23.8 Å². The fraction of sp³-hybridized carbons (Fsp3) is 0.667. The van der Waals surface area contributed by atoms with E-state index in [0.29, 0.717) is 23.5 Å². The van der Waals surface area contributed by atoms with Gasteiger partial charge in [0, 0.05) is 5.56 Å². The van der Waals surface area contributed by atoms with Crippen molar-refractivity contribution in [2.75, 3.05) is 6.79 Å². The van der Waals surface area contributed by atoms with E-state index in [0.717, 1.165) is 12.8 Å². The van der Waals surface area contributed by atoms with Crippen LogP contribution in [0.15, 0.2) is 18.2 Å². The van der Waals surface area contributed by atoms with Crippen LogP contribution in [0.25, 0.3) is 0 Å². The van der Waals surface area contributed by atoms with Gasteiger partial charge in [-0.3, -0.25) is 4.79 Å². The first-order chi connectivity index (χ1) is 12.2. The molecule has 4 nitrogen and oxygen atoms in total. The maximum atomic E-state index is 12.3. The fourth-order valence-corrected chi connectivity index (χ4v) is 3.20. The Labute approximate surface area is 151 Å². The molecule has 0 bridgehead atoms. The van der Waals surface area contributed by atoms with E-state index in [9.17, 15) is 9.90 Å². The molecule has 1 heterocycles. The SMILES string of the molecule is CCCCCCCCCCCCC(O)C(=O)c1ccc2c(c1)OCO2. The number of unbranched alkanes of at least 4 members (excludes halogenated alkanes) is 9. The van der Waals surface area contributed by atoms with Crippen LogP contribution in [0, 0.1) is 0 Å². The fourth-order valence-electron chi connectivity index (χ4n) is 3.20. The minimum absolute atomic E-state index is 0.189. The first-order valence-electron chi connectivity index (χ1n) is 9.84. The summed E-state index contributed by atoms with van der Waals surface area (Å²) in [5, 5.41) is 10.1. The van der Waals surface area contributed by atoms with Crippen LogP contribution < -0.4 is 9.47 Å². The average Bonchev–Trinajstić information content (AvgIpc) is 3.10. The predicted molar refractivity (Wildman–Crippen MR) is 99.4 cm³/mol. The molecule has 1 aromatic rings. The van der Waals surface area contributed by atoms with E-state index < -0.39 is 6.10 Å². The summed E-state index contributed by atoms with van der Waals surface area (Å²) in [6.07, 6.45) is 12.1. The molecule has 1 N–H and O–H groups in total. The average molecular weight is 348 g/mol. The number of aliphatic hydroxyl groups is 1. The third-order valence-corrected chi connectivity index (χ3v) is 4.79. The lowest BCUT2D eigenvalue weighted by molar-refractivity contribution is 0.0725. The van der Waals surface area contributed by atoms with Crippen molar-refractivity contribution in [3.05, 3.63) is 23.8 Å². The number of fused-ring (bicyclic) bond motifs is 1. The number of ether oxygens (including phenoxy) is 2. The Hall–Kier alpha value is -1.55. The summed E-state index contributed by atoms with van der Waals surface area (Å²) < 4.78 is 10.5. The highest BCUT2D eigenvalue weighted by atomic mass is 16.7. The second-order valence-corrected chi connectivity index (χ2v) is 6.92. The van der Waals surface area contributed by atoms with Gasteiger partial charge in [0.25, 0.3) is 0 Å². The third-order valence-electron chi connectivity index (χ3n) is 4.79. The van der Waals surface area contributed by atoms with Gasteiger partial charge in [0.1, 0.15) is 6.10 Å². The zero-order valence-electron chi connectivity index (χ0n) is 15.5. The summed E-state index contributed by atoms with van der Waals surface area (Å²) in [5.74, 6) is 1.01. The predicted octanol–water partition coefficient (Wildman–Crippen LogP) is 5.27. The van der Waals surface area contributed by atoms with Gasteiger partial charge in [-0.1, -0.05) is 71.1 Å². The van der Waals surface area contributed by atoms with E-state index >= 15 is 0 Å². The van der Waals surface area contributed by atoms with Gasteiger partial charge in [0.15, 0.2) is 17.3 Å². The Morgan fingerprint density at radius 2 is 1.56 bits per heavy atom. The number of hydrogen-bond acceptors (Lipinski definition) is 4. The Bertz CT molecular complexity index is 527. The number of hydrogen-bond donors (Lipinski definition) is 1. The largest absolute Gasteiger partial charge is 0.454 e. The van der Waals surface area contributed by atoms with Gasteiger partial charge in [0.05, 0.1) is 0 Å². The Balaban J connectivity index is 1.56. The molecular formula is C21H32O4. The zero-order valence-corrected chi connectivity index (χ0v) is 15.5. The second-order valence-electron chi connectivity index (χ2n) is 6.92. The first-order valence-corrected chi connectivity index (χ1v) is 9.84. The van der Waals surface area contributed by atoms with Gasteiger partial charge in [-0.05, 0) is 24.6 Å². The minimum Gasteiger partial charge on any atom is -0.454 e. The molecule has 0 saturated heterocycles. The number of benzene rings is 1. The summed E-state index contributed by atoms with van der Waals surface area (Å²) in [5.41, 5.74) is 0.490.